The van der Waals surface area contributed by atoms with Gasteiger partial charge in [-0.3, -0.25) is 4.68 Å². The highest BCUT2D eigenvalue weighted by Crippen LogP contribution is 2.31. The fourth-order valence-electron chi connectivity index (χ4n) is 1.96. The van der Waals surface area contributed by atoms with Crippen molar-refractivity contribution in [2.45, 2.75) is 26.4 Å². The molecule has 18 heavy (non-hydrogen) atoms. The lowest BCUT2D eigenvalue weighted by Gasteiger charge is -2.16. The molecule has 0 saturated heterocycles. The second kappa shape index (κ2) is 5.31. The van der Waals surface area contributed by atoms with Crippen molar-refractivity contribution in [2.24, 2.45) is 5.73 Å². The molecule has 1 heterocycles. The first kappa shape index (κ1) is 13.4. The Morgan fingerprint density at radius 1 is 1.33 bits per heavy atom. The van der Waals surface area contributed by atoms with E-state index in [9.17, 15) is 0 Å². The number of hydrogen-bond donors (Lipinski definition) is 1. The topological polar surface area (TPSA) is 43.8 Å². The normalized spacial score (nSPS) is 12.7. The Hall–Kier alpha value is -1.03. The van der Waals surface area contributed by atoms with Crippen molar-refractivity contribution in [2.75, 3.05) is 0 Å². The lowest BCUT2D eigenvalue weighted by Crippen LogP contribution is -2.18. The maximum absolute atomic E-state index is 6.26. The van der Waals surface area contributed by atoms with Crippen LogP contribution in [0.25, 0.3) is 0 Å². The van der Waals surface area contributed by atoms with Crippen LogP contribution in [0.4, 0.5) is 0 Å². The number of aryl methyl sites for hydroxylation is 2. The molecule has 96 valence electrons. The summed E-state index contributed by atoms with van der Waals surface area (Å²) < 4.78 is 1.79. The van der Waals surface area contributed by atoms with Gasteiger partial charge in [0.05, 0.1) is 23.0 Å². The van der Waals surface area contributed by atoms with Crippen molar-refractivity contribution in [1.29, 1.82) is 0 Å². The molecule has 1 unspecified atom stereocenters. The van der Waals surface area contributed by atoms with Crippen LogP contribution in [0.3, 0.4) is 0 Å². The fourth-order valence-corrected chi connectivity index (χ4v) is 2.58. The molecule has 0 bridgehead atoms. The zero-order valence-corrected chi connectivity index (χ0v) is 11.8. The van der Waals surface area contributed by atoms with Crippen LogP contribution in [0.2, 0.25) is 10.0 Å². The van der Waals surface area contributed by atoms with Crippen LogP contribution in [0.15, 0.2) is 24.4 Å². The van der Waals surface area contributed by atoms with Gasteiger partial charge < -0.3 is 5.73 Å². The largest absolute Gasteiger partial charge is 0.319 e. The second-order valence-electron chi connectivity index (χ2n) is 4.20. The molecular formula is C13H15Cl2N3. The third-order valence-electron chi connectivity index (χ3n) is 2.92. The molecule has 0 aliphatic heterocycles. The number of benzene rings is 1. The number of aromatic nitrogens is 2. The summed E-state index contributed by atoms with van der Waals surface area (Å²) in [5.41, 5.74) is 9.02. The summed E-state index contributed by atoms with van der Waals surface area (Å²) in [4.78, 5) is 0. The molecule has 0 saturated carbocycles. The van der Waals surface area contributed by atoms with Crippen LogP contribution >= 0.6 is 23.2 Å². The van der Waals surface area contributed by atoms with E-state index in [1.807, 2.05) is 32.0 Å². The van der Waals surface area contributed by atoms with Gasteiger partial charge in [-0.15, -0.1) is 0 Å². The van der Waals surface area contributed by atoms with E-state index in [4.69, 9.17) is 28.9 Å². The number of halogens is 2. The second-order valence-corrected chi connectivity index (χ2v) is 5.01. The van der Waals surface area contributed by atoms with Crippen molar-refractivity contribution in [3.8, 4) is 0 Å². The van der Waals surface area contributed by atoms with Crippen molar-refractivity contribution in [3.63, 3.8) is 0 Å². The highest BCUT2D eigenvalue weighted by Gasteiger charge is 2.20. The fraction of sp³-hybridized carbons (Fsp3) is 0.308. The van der Waals surface area contributed by atoms with Crippen LogP contribution in [-0.4, -0.2) is 9.78 Å². The summed E-state index contributed by atoms with van der Waals surface area (Å²) in [6.07, 6.45) is 1.61. The lowest BCUT2D eigenvalue weighted by molar-refractivity contribution is 0.601. The monoisotopic (exact) mass is 283 g/mol. The van der Waals surface area contributed by atoms with Crippen molar-refractivity contribution in [1.82, 2.24) is 9.78 Å². The highest BCUT2D eigenvalue weighted by atomic mass is 35.5. The molecule has 2 rings (SSSR count). The van der Waals surface area contributed by atoms with Crippen LogP contribution in [-0.2, 0) is 6.54 Å². The quantitative estimate of drug-likeness (QED) is 0.936. The molecule has 2 N–H and O–H groups in total. The zero-order valence-electron chi connectivity index (χ0n) is 10.3. The van der Waals surface area contributed by atoms with Gasteiger partial charge in [0.2, 0.25) is 0 Å². The molecule has 0 aliphatic carbocycles. The first-order chi connectivity index (χ1) is 8.54. The maximum Gasteiger partial charge on any atom is 0.0837 e. The maximum atomic E-state index is 6.26. The van der Waals surface area contributed by atoms with E-state index in [0.29, 0.717) is 10.0 Å². The predicted octanol–water partition coefficient (Wildman–Crippen LogP) is 3.57. The first-order valence-electron chi connectivity index (χ1n) is 5.77. The molecule has 5 heteroatoms. The third kappa shape index (κ3) is 2.39. The average molecular weight is 284 g/mol. The van der Waals surface area contributed by atoms with Gasteiger partial charge in [0.25, 0.3) is 0 Å². The van der Waals surface area contributed by atoms with E-state index in [-0.39, 0.29) is 6.04 Å². The van der Waals surface area contributed by atoms with Gasteiger partial charge in [0.15, 0.2) is 0 Å². The number of hydrogen-bond acceptors (Lipinski definition) is 2. The molecule has 1 aromatic heterocycles. The zero-order chi connectivity index (χ0) is 13.3. The standard InChI is InChI=1S/C13H15Cl2N3/c1-3-18-13(11(15)7-17-18)12(16)9-5-4-8(2)6-10(9)14/h4-7,12H,3,16H2,1-2H3. The summed E-state index contributed by atoms with van der Waals surface area (Å²) in [5, 5.41) is 5.42. The highest BCUT2D eigenvalue weighted by molar-refractivity contribution is 6.32. The van der Waals surface area contributed by atoms with Gasteiger partial charge in [-0.05, 0) is 31.0 Å². The minimum absolute atomic E-state index is 0.368. The number of nitrogens with zero attached hydrogens (tertiary/aromatic N) is 2. The predicted molar refractivity (Wildman–Crippen MR) is 75.1 cm³/mol. The average Bonchev–Trinajstić information content (AvgIpc) is 2.69. The van der Waals surface area contributed by atoms with Crippen molar-refractivity contribution in [3.05, 3.63) is 51.3 Å². The van der Waals surface area contributed by atoms with Gasteiger partial charge in [0.1, 0.15) is 0 Å². The van der Waals surface area contributed by atoms with E-state index in [2.05, 4.69) is 5.10 Å². The van der Waals surface area contributed by atoms with Gasteiger partial charge in [-0.2, -0.15) is 5.10 Å². The minimum atomic E-state index is -0.368. The van der Waals surface area contributed by atoms with E-state index in [1.165, 1.54) is 0 Å². The molecule has 0 radical (unpaired) electrons. The molecule has 0 amide bonds. The molecule has 1 atom stereocenters. The van der Waals surface area contributed by atoms with E-state index >= 15 is 0 Å². The summed E-state index contributed by atoms with van der Waals surface area (Å²) in [7, 11) is 0. The van der Waals surface area contributed by atoms with E-state index in [0.717, 1.165) is 23.4 Å². The van der Waals surface area contributed by atoms with Gasteiger partial charge in [-0.1, -0.05) is 35.3 Å². The Balaban J connectivity index is 2.47. The Morgan fingerprint density at radius 3 is 2.67 bits per heavy atom. The summed E-state index contributed by atoms with van der Waals surface area (Å²) in [6, 6.07) is 5.46. The summed E-state index contributed by atoms with van der Waals surface area (Å²) in [6.45, 7) is 4.71. The third-order valence-corrected chi connectivity index (χ3v) is 3.54. The first-order valence-corrected chi connectivity index (χ1v) is 6.53. The minimum Gasteiger partial charge on any atom is -0.319 e. The summed E-state index contributed by atoms with van der Waals surface area (Å²) in [5.74, 6) is 0. The van der Waals surface area contributed by atoms with Crippen LogP contribution in [0, 0.1) is 6.92 Å². The van der Waals surface area contributed by atoms with Gasteiger partial charge >= 0.3 is 0 Å². The number of rotatable bonds is 3. The molecule has 2 aromatic rings. The Bertz CT molecular complexity index is 563. The SMILES string of the molecule is CCn1ncc(Cl)c1C(N)c1ccc(C)cc1Cl. The van der Waals surface area contributed by atoms with Crippen molar-refractivity contribution < 1.29 is 0 Å². The van der Waals surface area contributed by atoms with Gasteiger partial charge in [-0.25, -0.2) is 0 Å². The molecule has 1 aromatic carbocycles. The Morgan fingerprint density at radius 2 is 2.06 bits per heavy atom. The molecule has 0 spiro atoms. The molecule has 0 fully saturated rings. The Kier molecular flexibility index (Phi) is 3.95. The van der Waals surface area contributed by atoms with E-state index in [1.54, 1.807) is 10.9 Å². The van der Waals surface area contributed by atoms with Crippen LogP contribution in [0.1, 0.15) is 29.8 Å². The van der Waals surface area contributed by atoms with Crippen LogP contribution in [0.5, 0.6) is 0 Å². The molecular weight excluding hydrogens is 269 g/mol. The lowest BCUT2D eigenvalue weighted by atomic mass is 10.0. The number of nitrogens with two attached hydrogens (primary N) is 1. The van der Waals surface area contributed by atoms with Crippen molar-refractivity contribution >= 4 is 23.2 Å². The van der Waals surface area contributed by atoms with Crippen LogP contribution < -0.4 is 5.73 Å². The molecule has 0 aliphatic rings. The smallest absolute Gasteiger partial charge is 0.0837 e. The van der Waals surface area contributed by atoms with E-state index < -0.39 is 0 Å². The molecule has 3 nitrogen and oxygen atoms in total. The Labute approximate surface area is 117 Å². The van der Waals surface area contributed by atoms with Gasteiger partial charge in [0, 0.05) is 11.6 Å². The summed E-state index contributed by atoms with van der Waals surface area (Å²) >= 11 is 12.4.